The van der Waals surface area contributed by atoms with E-state index in [9.17, 15) is 0 Å². The van der Waals surface area contributed by atoms with Gasteiger partial charge in [0.1, 0.15) is 0 Å². The molecule has 1 heteroatoms. The Bertz CT molecular complexity index is 1050. The molecule has 1 nitrogen and oxygen atoms in total. The number of hydrogen-bond acceptors (Lipinski definition) is 1. The highest BCUT2D eigenvalue weighted by molar-refractivity contribution is 5.53. The van der Waals surface area contributed by atoms with Gasteiger partial charge >= 0.3 is 0 Å². The van der Waals surface area contributed by atoms with Crippen LogP contribution in [0.4, 0.5) is 0 Å². The molecule has 0 radical (unpaired) electrons. The van der Waals surface area contributed by atoms with Crippen molar-refractivity contribution < 1.29 is 0 Å². The molecule has 0 unspecified atom stereocenters. The molecule has 204 valence electrons. The van der Waals surface area contributed by atoms with Crippen LogP contribution in [-0.4, -0.2) is 4.98 Å². The first kappa shape index (κ1) is 34.3. The Labute approximate surface area is 229 Å². The first-order chi connectivity index (χ1) is 17.9. The number of aromatic nitrogens is 1. The molecule has 0 spiro atoms. The van der Waals surface area contributed by atoms with Gasteiger partial charge in [0.05, 0.1) is 0 Å². The highest BCUT2D eigenvalue weighted by Crippen LogP contribution is 2.17. The van der Waals surface area contributed by atoms with Crippen molar-refractivity contribution >= 4 is 18.2 Å². The van der Waals surface area contributed by atoms with Crippen LogP contribution >= 0.6 is 0 Å². The molecule has 2 aromatic rings. The average Bonchev–Trinajstić information content (AvgIpc) is 3.09. The van der Waals surface area contributed by atoms with Crippen molar-refractivity contribution in [1.29, 1.82) is 0 Å². The van der Waals surface area contributed by atoms with E-state index in [1.54, 1.807) is 0 Å². The number of pyridine rings is 1. The van der Waals surface area contributed by atoms with E-state index in [0.29, 0.717) is 0 Å². The summed E-state index contributed by atoms with van der Waals surface area (Å²) in [5.41, 5.74) is 6.25. The molecule has 0 fully saturated rings. The van der Waals surface area contributed by atoms with E-state index >= 15 is 0 Å². The third-order valence-electron chi connectivity index (χ3n) is 6.31. The fourth-order valence-corrected chi connectivity index (χ4v) is 4.43. The fraction of sp³-hybridized carbons (Fsp3) is 0.472. The Kier molecular flexibility index (Phi) is 19.9. The van der Waals surface area contributed by atoms with E-state index in [0.717, 1.165) is 30.9 Å². The Balaban J connectivity index is 0.000000517. The molecule has 0 bridgehead atoms. The lowest BCUT2D eigenvalue weighted by Crippen LogP contribution is -2.27. The molecule has 1 heterocycles. The van der Waals surface area contributed by atoms with Crippen molar-refractivity contribution in [2.24, 2.45) is 5.92 Å². The Morgan fingerprint density at radius 2 is 1.73 bits per heavy atom. The highest BCUT2D eigenvalue weighted by Gasteiger charge is 2.02. The monoisotopic (exact) mass is 501 g/mol. The van der Waals surface area contributed by atoms with Crippen LogP contribution in [0, 0.1) is 19.8 Å². The van der Waals surface area contributed by atoms with Crippen LogP contribution in [0.2, 0.25) is 0 Å². The summed E-state index contributed by atoms with van der Waals surface area (Å²) in [6, 6.07) is 8.65. The number of benzene rings is 1. The second kappa shape index (κ2) is 21.4. The minimum Gasteiger partial charge on any atom is -0.261 e. The second-order valence-corrected chi connectivity index (χ2v) is 9.47. The quantitative estimate of drug-likeness (QED) is 0.328. The lowest BCUT2D eigenvalue weighted by atomic mass is 9.95. The lowest BCUT2D eigenvalue weighted by molar-refractivity contribution is 0.445. The molecule has 0 saturated heterocycles. The number of fused-ring (bicyclic) bond motifs is 1. The van der Waals surface area contributed by atoms with Crippen molar-refractivity contribution in [3.63, 3.8) is 0 Å². The largest absolute Gasteiger partial charge is 0.261 e. The SMILES string of the molecule is C/C=C\c1cc(C)ncc1C.C=C1C=c2c(CC)cccc2=CCC1.C=CCC(CCC)CCC.CC. The number of aryl methyl sites for hydroxylation is 3. The Morgan fingerprint density at radius 1 is 1.05 bits per heavy atom. The predicted octanol–water partition coefficient (Wildman–Crippen LogP) is 9.70. The lowest BCUT2D eigenvalue weighted by Gasteiger charge is -2.11. The maximum Gasteiger partial charge on any atom is 0.0378 e. The van der Waals surface area contributed by atoms with Gasteiger partial charge in [-0.1, -0.05) is 121 Å². The molecular formula is C36H55N. The molecule has 1 aliphatic carbocycles. The third kappa shape index (κ3) is 14.0. The molecule has 37 heavy (non-hydrogen) atoms. The van der Waals surface area contributed by atoms with Crippen molar-refractivity contribution in [3.05, 3.63) is 94.2 Å². The predicted molar refractivity (Wildman–Crippen MR) is 170 cm³/mol. The van der Waals surface area contributed by atoms with E-state index in [4.69, 9.17) is 0 Å². The summed E-state index contributed by atoms with van der Waals surface area (Å²) in [4.78, 5) is 4.19. The van der Waals surface area contributed by atoms with Gasteiger partial charge in [0.15, 0.2) is 0 Å². The van der Waals surface area contributed by atoms with E-state index in [1.165, 1.54) is 64.8 Å². The van der Waals surface area contributed by atoms with E-state index in [1.807, 2.05) is 40.0 Å². The van der Waals surface area contributed by atoms with Crippen LogP contribution in [0.15, 0.2) is 61.3 Å². The zero-order valence-corrected chi connectivity index (χ0v) is 25.4. The van der Waals surface area contributed by atoms with Gasteiger partial charge in [-0.05, 0) is 85.6 Å². The van der Waals surface area contributed by atoms with Crippen LogP contribution in [0.1, 0.15) is 109 Å². The minimum atomic E-state index is 0.910. The first-order valence-electron chi connectivity index (χ1n) is 14.5. The average molecular weight is 502 g/mol. The summed E-state index contributed by atoms with van der Waals surface area (Å²) >= 11 is 0. The summed E-state index contributed by atoms with van der Waals surface area (Å²) in [6.45, 7) is 24.7. The van der Waals surface area contributed by atoms with Gasteiger partial charge < -0.3 is 0 Å². The maximum atomic E-state index is 4.19. The molecule has 0 saturated carbocycles. The van der Waals surface area contributed by atoms with Crippen LogP contribution < -0.4 is 10.4 Å². The molecule has 1 aromatic heterocycles. The molecule has 1 aromatic carbocycles. The molecule has 0 aliphatic heterocycles. The third-order valence-corrected chi connectivity index (χ3v) is 6.31. The van der Waals surface area contributed by atoms with Gasteiger partial charge in [-0.3, -0.25) is 4.98 Å². The molecule has 1 aliphatic rings. The van der Waals surface area contributed by atoms with Crippen LogP contribution in [0.3, 0.4) is 0 Å². The number of rotatable bonds is 8. The summed E-state index contributed by atoms with van der Waals surface area (Å²) in [5.74, 6) is 0.910. The molecule has 0 atom stereocenters. The van der Waals surface area contributed by atoms with Gasteiger partial charge in [-0.25, -0.2) is 0 Å². The van der Waals surface area contributed by atoms with Crippen molar-refractivity contribution in [2.45, 2.75) is 107 Å². The van der Waals surface area contributed by atoms with Gasteiger partial charge in [0, 0.05) is 11.9 Å². The Morgan fingerprint density at radius 3 is 2.30 bits per heavy atom. The minimum absolute atomic E-state index is 0.910. The fourth-order valence-electron chi connectivity index (χ4n) is 4.43. The van der Waals surface area contributed by atoms with Crippen molar-refractivity contribution in [2.75, 3.05) is 0 Å². The standard InChI is InChI=1S/C14H16.C10H13N.C10H20.C2H6/c1-3-12-7-5-9-13-8-4-6-11(2)10-14(12)13;1-4-5-10-6-9(3)11-7-8(10)2;1-4-7-10(8-5-2)9-6-3;1-2/h5,7-10H,2-4,6H2,1H3;4-7H,1-3H3;4,10H,1,5-9H2,2-3H3;1-2H3/b;5-4-;;. The van der Waals surface area contributed by atoms with Crippen molar-refractivity contribution in [3.8, 4) is 0 Å². The topological polar surface area (TPSA) is 12.9 Å². The zero-order chi connectivity index (χ0) is 28.1. The van der Waals surface area contributed by atoms with Gasteiger partial charge in [-0.15, -0.1) is 6.58 Å². The van der Waals surface area contributed by atoms with E-state index < -0.39 is 0 Å². The number of hydrogen-bond donors (Lipinski definition) is 0. The van der Waals surface area contributed by atoms with Gasteiger partial charge in [0.2, 0.25) is 0 Å². The smallest absolute Gasteiger partial charge is 0.0378 e. The molecule has 0 N–H and O–H groups in total. The molecule has 3 rings (SSSR count). The maximum absolute atomic E-state index is 4.19. The van der Waals surface area contributed by atoms with Crippen LogP contribution in [0.5, 0.6) is 0 Å². The summed E-state index contributed by atoms with van der Waals surface area (Å²) in [7, 11) is 0. The van der Waals surface area contributed by atoms with E-state index in [2.05, 4.69) is 94.4 Å². The Hall–Kier alpha value is -2.67. The first-order valence-corrected chi connectivity index (χ1v) is 14.5. The normalized spacial score (nSPS) is 11.9. The van der Waals surface area contributed by atoms with Crippen LogP contribution in [0.25, 0.3) is 18.2 Å². The zero-order valence-electron chi connectivity index (χ0n) is 25.4. The summed E-state index contributed by atoms with van der Waals surface area (Å²) in [5, 5.41) is 2.76. The molecule has 0 amide bonds. The number of nitrogens with zero attached hydrogens (tertiary/aromatic N) is 1. The second-order valence-electron chi connectivity index (χ2n) is 9.47. The van der Waals surface area contributed by atoms with Gasteiger partial charge in [-0.2, -0.15) is 0 Å². The summed E-state index contributed by atoms with van der Waals surface area (Å²) in [6.07, 6.45) is 22.6. The van der Waals surface area contributed by atoms with E-state index in [-0.39, 0.29) is 0 Å². The molecular weight excluding hydrogens is 446 g/mol. The van der Waals surface area contributed by atoms with Crippen molar-refractivity contribution in [1.82, 2.24) is 4.98 Å². The number of allylic oxidation sites excluding steroid dienone is 3. The highest BCUT2D eigenvalue weighted by atomic mass is 14.7. The van der Waals surface area contributed by atoms with Gasteiger partial charge in [0.25, 0.3) is 0 Å². The van der Waals surface area contributed by atoms with Crippen LogP contribution in [-0.2, 0) is 6.42 Å². The summed E-state index contributed by atoms with van der Waals surface area (Å²) < 4.78 is 0.